The summed E-state index contributed by atoms with van der Waals surface area (Å²) in [6.07, 6.45) is 0.0772. The van der Waals surface area contributed by atoms with E-state index >= 15 is 0 Å². The van der Waals surface area contributed by atoms with Gasteiger partial charge in [0.05, 0.1) is 5.69 Å². The van der Waals surface area contributed by atoms with Crippen molar-refractivity contribution in [3.63, 3.8) is 0 Å². The van der Waals surface area contributed by atoms with Gasteiger partial charge in [-0.15, -0.1) is 0 Å². The molecule has 2 aromatic rings. The molecule has 27 heavy (non-hydrogen) atoms. The van der Waals surface area contributed by atoms with Crippen LogP contribution in [0.25, 0.3) is 11.4 Å². The van der Waals surface area contributed by atoms with Crippen molar-refractivity contribution in [2.24, 2.45) is 11.3 Å². The van der Waals surface area contributed by atoms with Crippen LogP contribution in [0.4, 0.5) is 0 Å². The molecule has 0 aliphatic carbocycles. The molecule has 0 fully saturated rings. The van der Waals surface area contributed by atoms with Crippen LogP contribution >= 0.6 is 11.6 Å². The van der Waals surface area contributed by atoms with E-state index in [2.05, 4.69) is 9.47 Å². The lowest BCUT2D eigenvalue weighted by molar-refractivity contribution is -0.118. The van der Waals surface area contributed by atoms with Gasteiger partial charge in [-0.05, 0) is 24.1 Å². The minimum atomic E-state index is -0.537. The van der Waals surface area contributed by atoms with Gasteiger partial charge >= 0.3 is 0 Å². The molecule has 0 bridgehead atoms. The van der Waals surface area contributed by atoms with Crippen LogP contribution in [0.15, 0.2) is 30.3 Å². The lowest BCUT2D eigenvalue weighted by Crippen LogP contribution is -2.32. The maximum absolute atomic E-state index is 13.1. The smallest absolute Gasteiger partial charge is 0.225 e. The fraction of sp³-hybridized carbons (Fsp3) is 0.476. The van der Waals surface area contributed by atoms with E-state index in [1.54, 1.807) is 0 Å². The average molecular weight is 388 g/mol. The fourth-order valence-electron chi connectivity index (χ4n) is 3.53. The number of carbonyl (C=O) groups is 2. The lowest BCUT2D eigenvalue weighted by Gasteiger charge is -2.27. The number of ketones is 1. The molecule has 1 aromatic carbocycles. The Bertz CT molecular complexity index is 852. The zero-order valence-corrected chi connectivity index (χ0v) is 17.1. The number of rotatable bonds is 5. The van der Waals surface area contributed by atoms with Crippen molar-refractivity contribution in [3.8, 4) is 11.4 Å². The van der Waals surface area contributed by atoms with Crippen LogP contribution in [0.2, 0.25) is 0 Å². The average Bonchev–Trinajstić information content (AvgIpc) is 2.97. The van der Waals surface area contributed by atoms with E-state index in [0.29, 0.717) is 12.2 Å². The fourth-order valence-corrected chi connectivity index (χ4v) is 3.94. The van der Waals surface area contributed by atoms with Gasteiger partial charge in [0.25, 0.3) is 0 Å². The second kappa shape index (κ2) is 7.56. The summed E-state index contributed by atoms with van der Waals surface area (Å²) in [5, 5.41) is -0.468. The molecule has 0 amide bonds. The number of likely N-dealkylation sites (N-methyl/N-ethyl adjacent to an activating group) is 1. The second-order valence-corrected chi connectivity index (χ2v) is 8.71. The molecule has 0 spiro atoms. The zero-order chi connectivity index (χ0) is 19.8. The normalized spacial score (nSPS) is 16.0. The third-order valence-electron chi connectivity index (χ3n) is 5.20. The van der Waals surface area contributed by atoms with Crippen molar-refractivity contribution in [2.75, 3.05) is 13.6 Å². The predicted octanol–water partition coefficient (Wildman–Crippen LogP) is 4.00. The van der Waals surface area contributed by atoms with Crippen molar-refractivity contribution >= 4 is 22.6 Å². The van der Waals surface area contributed by atoms with E-state index in [9.17, 15) is 9.59 Å². The Labute approximate surface area is 165 Å². The molecule has 0 N–H and O–H groups in total. The molecule has 1 atom stereocenters. The lowest BCUT2D eigenvalue weighted by atomic mass is 9.78. The quantitative estimate of drug-likeness (QED) is 0.574. The molecule has 144 valence electrons. The number of halogens is 1. The highest BCUT2D eigenvalue weighted by atomic mass is 35.5. The molecule has 1 aliphatic heterocycles. The third-order valence-corrected chi connectivity index (χ3v) is 5.47. The first-order valence-corrected chi connectivity index (χ1v) is 9.62. The van der Waals surface area contributed by atoms with Gasteiger partial charge in [-0.2, -0.15) is 0 Å². The summed E-state index contributed by atoms with van der Waals surface area (Å²) >= 11 is 5.80. The van der Waals surface area contributed by atoms with Gasteiger partial charge in [0.15, 0.2) is 5.78 Å². The van der Waals surface area contributed by atoms with Gasteiger partial charge in [0, 0.05) is 37.5 Å². The van der Waals surface area contributed by atoms with E-state index < -0.39 is 11.2 Å². The summed E-state index contributed by atoms with van der Waals surface area (Å²) in [5.41, 5.74) is 1.99. The van der Waals surface area contributed by atoms with E-state index in [-0.39, 0.29) is 17.6 Å². The van der Waals surface area contributed by atoms with Crippen molar-refractivity contribution < 1.29 is 9.59 Å². The number of aromatic nitrogens is 2. The van der Waals surface area contributed by atoms with Crippen LogP contribution in [0.1, 0.15) is 43.4 Å². The van der Waals surface area contributed by atoms with Gasteiger partial charge in [0.1, 0.15) is 11.5 Å². The summed E-state index contributed by atoms with van der Waals surface area (Å²) in [6, 6.07) is 9.90. The Morgan fingerprint density at radius 1 is 1.19 bits per heavy atom. The molecule has 1 aromatic heterocycles. The molecule has 0 radical (unpaired) electrons. The SMILES string of the molecule is CN1CCn2c(-c3ccccc3)nc(C(=O)C[C@H](C(=O)Cl)C(C)(C)C)c2C1. The minimum Gasteiger partial charge on any atom is -0.325 e. The van der Waals surface area contributed by atoms with E-state index in [0.717, 1.165) is 30.2 Å². The molecule has 6 heteroatoms. The minimum absolute atomic E-state index is 0.0772. The first kappa shape index (κ1) is 19.8. The summed E-state index contributed by atoms with van der Waals surface area (Å²) in [5.74, 6) is 0.155. The van der Waals surface area contributed by atoms with Crippen LogP contribution in [0, 0.1) is 11.3 Å². The number of fused-ring (bicyclic) bond motifs is 1. The molecule has 2 heterocycles. The summed E-state index contributed by atoms with van der Waals surface area (Å²) in [7, 11) is 2.03. The Kier molecular flexibility index (Phi) is 5.54. The van der Waals surface area contributed by atoms with Crippen molar-refractivity contribution in [1.82, 2.24) is 14.5 Å². The van der Waals surface area contributed by atoms with Crippen LogP contribution in [0.5, 0.6) is 0 Å². The van der Waals surface area contributed by atoms with E-state index in [1.165, 1.54) is 0 Å². The molecular weight excluding hydrogens is 362 g/mol. The number of hydrogen-bond acceptors (Lipinski definition) is 4. The number of Topliss-reactive ketones (excluding diaryl/α,β-unsaturated/α-hetero) is 1. The Hall–Kier alpha value is -1.98. The highest BCUT2D eigenvalue weighted by Crippen LogP contribution is 2.33. The summed E-state index contributed by atoms with van der Waals surface area (Å²) < 4.78 is 2.14. The van der Waals surface area contributed by atoms with Gasteiger partial charge in [-0.1, -0.05) is 51.1 Å². The third kappa shape index (κ3) is 4.14. The van der Waals surface area contributed by atoms with Crippen molar-refractivity contribution in [3.05, 3.63) is 41.7 Å². The standard InChI is InChI=1S/C21H26ClN3O2/c1-21(2,3)15(19(22)27)12-17(26)18-16-13-24(4)10-11-25(16)20(23-18)14-8-6-5-7-9-14/h5-9,15H,10-13H2,1-4H3/t15-/m1/s1. The van der Waals surface area contributed by atoms with Gasteiger partial charge in [0.2, 0.25) is 5.24 Å². The monoisotopic (exact) mass is 387 g/mol. The first-order valence-electron chi connectivity index (χ1n) is 9.24. The first-order chi connectivity index (χ1) is 12.7. The molecule has 3 rings (SSSR count). The highest BCUT2D eigenvalue weighted by molar-refractivity contribution is 6.64. The number of carbonyl (C=O) groups excluding carboxylic acids is 2. The largest absolute Gasteiger partial charge is 0.325 e. The number of hydrogen-bond donors (Lipinski definition) is 0. The van der Waals surface area contributed by atoms with Gasteiger partial charge in [-0.3, -0.25) is 14.5 Å². The predicted molar refractivity (Wildman–Crippen MR) is 107 cm³/mol. The molecule has 0 saturated heterocycles. The molecule has 0 saturated carbocycles. The summed E-state index contributed by atoms with van der Waals surface area (Å²) in [6.45, 7) is 8.14. The second-order valence-electron chi connectivity index (χ2n) is 8.34. The van der Waals surface area contributed by atoms with Gasteiger partial charge in [-0.25, -0.2) is 4.98 Å². The Morgan fingerprint density at radius 3 is 2.44 bits per heavy atom. The van der Waals surface area contributed by atoms with Crippen LogP contribution in [-0.4, -0.2) is 39.1 Å². The summed E-state index contributed by atoms with van der Waals surface area (Å²) in [4.78, 5) is 31.9. The molecule has 0 unspecified atom stereocenters. The molecule has 5 nitrogen and oxygen atoms in total. The van der Waals surface area contributed by atoms with E-state index in [4.69, 9.17) is 16.6 Å². The van der Waals surface area contributed by atoms with Crippen LogP contribution < -0.4 is 0 Å². The number of nitrogens with zero attached hydrogens (tertiary/aromatic N) is 3. The highest BCUT2D eigenvalue weighted by Gasteiger charge is 2.35. The van der Waals surface area contributed by atoms with E-state index in [1.807, 2.05) is 58.2 Å². The zero-order valence-electron chi connectivity index (χ0n) is 16.3. The maximum atomic E-state index is 13.1. The van der Waals surface area contributed by atoms with Crippen molar-refractivity contribution in [1.29, 1.82) is 0 Å². The van der Waals surface area contributed by atoms with Crippen LogP contribution in [0.3, 0.4) is 0 Å². The van der Waals surface area contributed by atoms with Gasteiger partial charge < -0.3 is 4.57 Å². The maximum Gasteiger partial charge on any atom is 0.225 e. The number of benzene rings is 1. The Morgan fingerprint density at radius 2 is 1.85 bits per heavy atom. The molecule has 1 aliphatic rings. The van der Waals surface area contributed by atoms with Crippen molar-refractivity contribution in [2.45, 2.75) is 40.3 Å². The van der Waals surface area contributed by atoms with Crippen LogP contribution in [-0.2, 0) is 17.9 Å². The number of imidazole rings is 1. The topological polar surface area (TPSA) is 55.2 Å². The Balaban J connectivity index is 2.01. The molecular formula is C21H26ClN3O2.